The van der Waals surface area contributed by atoms with Crippen LogP contribution in [0.2, 0.25) is 0 Å². The number of epoxide rings is 1. The topological polar surface area (TPSA) is 97.4 Å². The minimum Gasteiger partial charge on any atom is -0.507 e. The van der Waals surface area contributed by atoms with E-state index < -0.39 is 23.1 Å². The summed E-state index contributed by atoms with van der Waals surface area (Å²) in [5.41, 5.74) is 0.221. The number of aliphatic hydroxyl groups is 1. The molecule has 29 heavy (non-hydrogen) atoms. The SMILES string of the molecule is CC(/C=C/C(O)=C1/C(=O)CNC1=O)=C\[C@@H](C)[C@H]1OC2(C)O[C@@H](C=C[C@@]23CO3)C1C. The van der Waals surface area contributed by atoms with Crippen LogP contribution in [0, 0.1) is 11.8 Å². The van der Waals surface area contributed by atoms with Gasteiger partial charge in [0.25, 0.3) is 5.91 Å². The quantitative estimate of drug-likeness (QED) is 0.187. The molecule has 4 aliphatic rings. The van der Waals surface area contributed by atoms with Crippen molar-refractivity contribution < 1.29 is 28.9 Å². The predicted octanol–water partition coefficient (Wildman–Crippen LogP) is 2.11. The van der Waals surface area contributed by atoms with Gasteiger partial charge in [0.05, 0.1) is 25.4 Å². The van der Waals surface area contributed by atoms with Crippen molar-refractivity contribution in [1.82, 2.24) is 5.32 Å². The van der Waals surface area contributed by atoms with E-state index in [2.05, 4.69) is 37.4 Å². The van der Waals surface area contributed by atoms with E-state index in [4.69, 9.17) is 14.2 Å². The molecule has 2 unspecified atom stereocenters. The van der Waals surface area contributed by atoms with Crippen LogP contribution in [-0.2, 0) is 23.8 Å². The molecule has 4 rings (SSSR count). The highest BCUT2D eigenvalue weighted by Crippen LogP contribution is 2.51. The van der Waals surface area contributed by atoms with E-state index in [0.717, 1.165) is 5.57 Å². The average molecular weight is 401 g/mol. The maximum atomic E-state index is 11.7. The Bertz CT molecular complexity index is 847. The lowest BCUT2D eigenvalue weighted by Gasteiger charge is -2.51. The van der Waals surface area contributed by atoms with Gasteiger partial charge in [-0.1, -0.05) is 37.6 Å². The zero-order valence-electron chi connectivity index (χ0n) is 17.1. The van der Waals surface area contributed by atoms with Crippen LogP contribution in [0.15, 0.2) is 47.3 Å². The number of ketones is 1. The van der Waals surface area contributed by atoms with Gasteiger partial charge in [-0.05, 0) is 26.0 Å². The lowest BCUT2D eigenvalue weighted by atomic mass is 9.82. The van der Waals surface area contributed by atoms with Crippen LogP contribution < -0.4 is 5.32 Å². The van der Waals surface area contributed by atoms with Gasteiger partial charge in [-0.15, -0.1) is 0 Å². The molecule has 2 N–H and O–H groups in total. The summed E-state index contributed by atoms with van der Waals surface area (Å²) in [4.78, 5) is 23.3. The number of nitrogens with one attached hydrogen (secondary N) is 1. The summed E-state index contributed by atoms with van der Waals surface area (Å²) in [6.45, 7) is 8.56. The smallest absolute Gasteiger partial charge is 0.259 e. The number of rotatable bonds is 4. The molecule has 6 atom stereocenters. The Morgan fingerprint density at radius 3 is 2.69 bits per heavy atom. The Labute approximate surface area is 170 Å². The molecular formula is C22H27NO6. The number of amides is 1. The molecular weight excluding hydrogens is 374 g/mol. The first-order chi connectivity index (χ1) is 13.7. The zero-order chi connectivity index (χ0) is 21.0. The highest BCUT2D eigenvalue weighted by Gasteiger charge is 2.65. The van der Waals surface area contributed by atoms with Crippen LogP contribution in [0.1, 0.15) is 27.7 Å². The molecule has 1 spiro atoms. The second-order valence-electron chi connectivity index (χ2n) is 8.48. The highest BCUT2D eigenvalue weighted by atomic mass is 16.8. The Kier molecular flexibility index (Phi) is 4.80. The monoisotopic (exact) mass is 401 g/mol. The zero-order valence-corrected chi connectivity index (χ0v) is 17.1. The minimum absolute atomic E-state index is 0.0269. The molecule has 1 amide bonds. The maximum Gasteiger partial charge on any atom is 0.259 e. The summed E-state index contributed by atoms with van der Waals surface area (Å²) in [6.07, 6.45) is 9.18. The second kappa shape index (κ2) is 6.93. The lowest BCUT2D eigenvalue weighted by molar-refractivity contribution is -0.346. The van der Waals surface area contributed by atoms with Gasteiger partial charge in [-0.25, -0.2) is 0 Å². The van der Waals surface area contributed by atoms with Crippen molar-refractivity contribution in [2.75, 3.05) is 13.2 Å². The number of ether oxygens (including phenoxy) is 3. The number of carbonyl (C=O) groups is 2. The first kappa shape index (κ1) is 20.1. The van der Waals surface area contributed by atoms with E-state index in [0.29, 0.717) is 6.61 Å². The van der Waals surface area contributed by atoms with Crippen molar-refractivity contribution in [2.45, 2.75) is 51.3 Å². The van der Waals surface area contributed by atoms with Crippen molar-refractivity contribution in [2.24, 2.45) is 11.8 Å². The molecule has 3 fully saturated rings. The number of hydrogen-bond acceptors (Lipinski definition) is 6. The van der Waals surface area contributed by atoms with E-state index in [1.54, 1.807) is 6.08 Å². The fourth-order valence-corrected chi connectivity index (χ4v) is 4.37. The Morgan fingerprint density at radius 1 is 1.34 bits per heavy atom. The number of carbonyl (C=O) groups excluding carboxylic acids is 2. The normalized spacial score (nSPS) is 41.8. The maximum absolute atomic E-state index is 11.7. The molecule has 0 aromatic rings. The van der Waals surface area contributed by atoms with Crippen LogP contribution in [-0.4, -0.2) is 53.5 Å². The molecule has 0 saturated carbocycles. The molecule has 2 bridgehead atoms. The van der Waals surface area contributed by atoms with Gasteiger partial charge in [0.15, 0.2) is 11.4 Å². The third-order valence-corrected chi connectivity index (χ3v) is 6.26. The molecule has 7 nitrogen and oxygen atoms in total. The van der Waals surface area contributed by atoms with Crippen LogP contribution in [0.4, 0.5) is 0 Å². The number of hydrogen-bond donors (Lipinski definition) is 2. The Morgan fingerprint density at radius 2 is 2.07 bits per heavy atom. The van der Waals surface area contributed by atoms with Crippen molar-refractivity contribution in [3.8, 4) is 0 Å². The fraction of sp³-hybridized carbons (Fsp3) is 0.545. The molecule has 0 aliphatic carbocycles. The van der Waals surface area contributed by atoms with E-state index in [-0.39, 0.29) is 41.9 Å². The lowest BCUT2D eigenvalue weighted by Crippen LogP contribution is -2.61. The highest BCUT2D eigenvalue weighted by molar-refractivity contribution is 6.25. The van der Waals surface area contributed by atoms with Gasteiger partial charge in [0.1, 0.15) is 11.3 Å². The molecule has 156 valence electrons. The Hall–Kier alpha value is -2.22. The first-order valence-corrected chi connectivity index (χ1v) is 9.96. The van der Waals surface area contributed by atoms with Crippen LogP contribution in [0.25, 0.3) is 0 Å². The van der Waals surface area contributed by atoms with Gasteiger partial charge in [-0.2, -0.15) is 0 Å². The van der Waals surface area contributed by atoms with Gasteiger partial charge >= 0.3 is 0 Å². The van der Waals surface area contributed by atoms with Gasteiger partial charge in [0.2, 0.25) is 5.79 Å². The summed E-state index contributed by atoms with van der Waals surface area (Å²) in [7, 11) is 0. The fourth-order valence-electron chi connectivity index (χ4n) is 4.37. The van der Waals surface area contributed by atoms with Gasteiger partial charge < -0.3 is 24.6 Å². The van der Waals surface area contributed by atoms with Crippen molar-refractivity contribution in [3.05, 3.63) is 47.3 Å². The molecule has 7 heteroatoms. The number of fused-ring (bicyclic) bond motifs is 3. The predicted molar refractivity (Wildman–Crippen MR) is 105 cm³/mol. The third-order valence-electron chi connectivity index (χ3n) is 6.26. The third kappa shape index (κ3) is 3.37. The molecule has 0 aromatic carbocycles. The molecule has 0 aromatic heterocycles. The standard InChI is InChI=1S/C22H27NO6/c1-12(5-6-15(24)18-16(25)10-23-20(18)26)9-13(2)19-14(3)17-7-8-22(11-27-22)21(4,28-17)29-19/h5-9,13-14,17,19,24H,10-11H2,1-4H3,(H,23,26)/b6-5+,12-9+,18-15+/t13-,14?,17+,19-,21?,22-/m1/s1. The number of aliphatic hydroxyl groups excluding tert-OH is 1. The Balaban J connectivity index is 1.49. The second-order valence-corrected chi connectivity index (χ2v) is 8.48. The van der Waals surface area contributed by atoms with Crippen molar-refractivity contribution >= 4 is 11.7 Å². The molecule has 4 heterocycles. The van der Waals surface area contributed by atoms with Gasteiger partial charge in [-0.3, -0.25) is 9.59 Å². The van der Waals surface area contributed by atoms with Crippen LogP contribution >= 0.6 is 0 Å². The first-order valence-electron chi connectivity index (χ1n) is 9.96. The molecule has 3 saturated heterocycles. The largest absolute Gasteiger partial charge is 0.507 e. The van der Waals surface area contributed by atoms with E-state index >= 15 is 0 Å². The van der Waals surface area contributed by atoms with Crippen molar-refractivity contribution in [1.29, 1.82) is 0 Å². The van der Waals surface area contributed by atoms with E-state index in [1.807, 2.05) is 13.8 Å². The summed E-state index contributed by atoms with van der Waals surface area (Å²) in [5, 5.41) is 12.5. The van der Waals surface area contributed by atoms with Gasteiger partial charge in [0, 0.05) is 11.8 Å². The molecule has 0 radical (unpaired) electrons. The minimum atomic E-state index is -0.797. The summed E-state index contributed by atoms with van der Waals surface area (Å²) in [6, 6.07) is 0. The van der Waals surface area contributed by atoms with Crippen LogP contribution in [0.5, 0.6) is 0 Å². The average Bonchev–Trinajstić information content (AvgIpc) is 3.39. The van der Waals surface area contributed by atoms with E-state index in [9.17, 15) is 14.7 Å². The summed E-state index contributed by atoms with van der Waals surface area (Å²) in [5.74, 6) is -1.82. The number of allylic oxidation sites excluding steroid dienone is 3. The molecule has 4 aliphatic heterocycles. The summed E-state index contributed by atoms with van der Waals surface area (Å²) >= 11 is 0. The van der Waals surface area contributed by atoms with Crippen LogP contribution in [0.3, 0.4) is 0 Å². The van der Waals surface area contributed by atoms with Crippen molar-refractivity contribution in [3.63, 3.8) is 0 Å². The number of Topliss-reactive ketones (excluding diaryl/α,β-unsaturated/α-hetero) is 1. The summed E-state index contributed by atoms with van der Waals surface area (Å²) < 4.78 is 18.2. The van der Waals surface area contributed by atoms with E-state index in [1.165, 1.54) is 6.08 Å².